The molecule has 4 nitrogen and oxygen atoms in total. The van der Waals surface area contributed by atoms with E-state index in [-0.39, 0.29) is 12.0 Å². The molecular weight excluding hydrogens is 242 g/mol. The van der Waals surface area contributed by atoms with Crippen molar-refractivity contribution in [2.45, 2.75) is 20.3 Å². The van der Waals surface area contributed by atoms with E-state index in [4.69, 9.17) is 5.11 Å². The van der Waals surface area contributed by atoms with Gasteiger partial charge in [-0.15, -0.1) is 0 Å². The van der Waals surface area contributed by atoms with E-state index in [1.54, 1.807) is 31.5 Å². The largest absolute Gasteiger partial charge is 0.481 e. The Kier molecular flexibility index (Phi) is 3.18. The predicted molar refractivity (Wildman–Crippen MR) is 74.3 cm³/mol. The van der Waals surface area contributed by atoms with E-state index in [1.807, 2.05) is 24.3 Å². The summed E-state index contributed by atoms with van der Waals surface area (Å²) in [6.07, 6.45) is 0.222. The lowest BCUT2D eigenvalue weighted by Gasteiger charge is -2.19. The molecule has 1 aromatic heterocycles. The quantitative estimate of drug-likeness (QED) is 0.919. The molecule has 0 saturated carbocycles. The molecule has 1 N–H and O–H groups in total. The summed E-state index contributed by atoms with van der Waals surface area (Å²) in [6, 6.07) is 9.37. The lowest BCUT2D eigenvalue weighted by Crippen LogP contribution is -2.31. The van der Waals surface area contributed by atoms with E-state index in [2.05, 4.69) is 0 Å². The van der Waals surface area contributed by atoms with Gasteiger partial charge in [-0.05, 0) is 37.8 Å². The molecule has 0 amide bonds. The van der Waals surface area contributed by atoms with Crippen LogP contribution in [0.4, 0.5) is 0 Å². The van der Waals surface area contributed by atoms with Gasteiger partial charge in [0, 0.05) is 12.6 Å². The van der Waals surface area contributed by atoms with Crippen molar-refractivity contribution < 1.29 is 9.90 Å². The summed E-state index contributed by atoms with van der Waals surface area (Å²) in [5.74, 6) is -0.900. The van der Waals surface area contributed by atoms with E-state index in [0.717, 1.165) is 10.9 Å². The normalized spacial score (nSPS) is 11.7. The lowest BCUT2D eigenvalue weighted by atomic mass is 9.86. The fourth-order valence-electron chi connectivity index (χ4n) is 2.17. The number of carboxylic acid groups (broad SMARTS) is 1. The first-order valence-corrected chi connectivity index (χ1v) is 6.14. The second kappa shape index (κ2) is 4.53. The summed E-state index contributed by atoms with van der Waals surface area (Å²) >= 11 is 0. The fourth-order valence-corrected chi connectivity index (χ4v) is 2.17. The van der Waals surface area contributed by atoms with E-state index in [9.17, 15) is 9.59 Å². The number of hydrogen-bond donors (Lipinski definition) is 1. The van der Waals surface area contributed by atoms with Gasteiger partial charge in [0.1, 0.15) is 0 Å². The zero-order valence-corrected chi connectivity index (χ0v) is 11.3. The van der Waals surface area contributed by atoms with Crippen LogP contribution in [0, 0.1) is 5.41 Å². The zero-order valence-electron chi connectivity index (χ0n) is 11.3. The van der Waals surface area contributed by atoms with Crippen LogP contribution in [-0.4, -0.2) is 15.6 Å². The van der Waals surface area contributed by atoms with E-state index < -0.39 is 11.4 Å². The molecule has 0 spiro atoms. The van der Waals surface area contributed by atoms with Gasteiger partial charge in [-0.2, -0.15) is 0 Å². The summed E-state index contributed by atoms with van der Waals surface area (Å²) in [6.45, 7) is 3.26. The first-order valence-electron chi connectivity index (χ1n) is 6.14. The van der Waals surface area contributed by atoms with Crippen molar-refractivity contribution in [2.24, 2.45) is 12.5 Å². The summed E-state index contributed by atoms with van der Waals surface area (Å²) in [5, 5.41) is 10.1. The van der Waals surface area contributed by atoms with Crippen LogP contribution < -0.4 is 5.56 Å². The van der Waals surface area contributed by atoms with Crippen LogP contribution in [0.3, 0.4) is 0 Å². The maximum Gasteiger partial charge on any atom is 0.309 e. The minimum Gasteiger partial charge on any atom is -0.481 e. The van der Waals surface area contributed by atoms with Gasteiger partial charge in [-0.3, -0.25) is 9.59 Å². The van der Waals surface area contributed by atoms with Crippen LogP contribution in [0.5, 0.6) is 0 Å². The van der Waals surface area contributed by atoms with Crippen molar-refractivity contribution in [3.63, 3.8) is 0 Å². The molecule has 19 heavy (non-hydrogen) atoms. The molecule has 1 heterocycles. The van der Waals surface area contributed by atoms with Crippen LogP contribution in [0.15, 0.2) is 35.1 Å². The highest BCUT2D eigenvalue weighted by molar-refractivity contribution is 5.80. The Morgan fingerprint density at radius 3 is 2.58 bits per heavy atom. The zero-order chi connectivity index (χ0) is 14.2. The number of para-hydroxylation sites is 1. The molecule has 0 saturated heterocycles. The highest BCUT2D eigenvalue weighted by atomic mass is 16.4. The molecule has 0 fully saturated rings. The third kappa shape index (κ3) is 2.38. The number of hydrogen-bond acceptors (Lipinski definition) is 2. The van der Waals surface area contributed by atoms with Gasteiger partial charge < -0.3 is 9.67 Å². The first kappa shape index (κ1) is 13.3. The van der Waals surface area contributed by atoms with Crippen LogP contribution >= 0.6 is 0 Å². The minimum atomic E-state index is -0.950. The molecule has 4 heteroatoms. The lowest BCUT2D eigenvalue weighted by molar-refractivity contribution is -0.146. The Balaban J connectivity index is 2.60. The number of fused-ring (bicyclic) bond motifs is 1. The van der Waals surface area contributed by atoms with Gasteiger partial charge >= 0.3 is 5.97 Å². The minimum absolute atomic E-state index is 0.131. The molecule has 0 aliphatic heterocycles. The molecule has 0 aliphatic rings. The number of carboxylic acids is 1. The molecule has 2 aromatic rings. The third-order valence-electron chi connectivity index (χ3n) is 3.42. The molecule has 0 unspecified atom stereocenters. The van der Waals surface area contributed by atoms with Gasteiger partial charge in [0.25, 0.3) is 5.56 Å². The maximum atomic E-state index is 12.3. The Bertz CT molecular complexity index is 698. The molecule has 2 rings (SSSR count). The Hall–Kier alpha value is -2.10. The topological polar surface area (TPSA) is 59.3 Å². The monoisotopic (exact) mass is 259 g/mol. The first-order chi connectivity index (χ1) is 8.83. The number of aromatic nitrogens is 1. The molecule has 0 atom stereocenters. The Morgan fingerprint density at radius 2 is 1.95 bits per heavy atom. The van der Waals surface area contributed by atoms with Gasteiger partial charge in [-0.25, -0.2) is 0 Å². The molecule has 0 aliphatic carbocycles. The van der Waals surface area contributed by atoms with E-state index in [0.29, 0.717) is 5.56 Å². The van der Waals surface area contributed by atoms with Crippen molar-refractivity contribution in [2.75, 3.05) is 0 Å². The van der Waals surface area contributed by atoms with Gasteiger partial charge in [0.15, 0.2) is 0 Å². The molecular formula is C15H17NO3. The average molecular weight is 259 g/mol. The van der Waals surface area contributed by atoms with Gasteiger partial charge in [0.2, 0.25) is 0 Å². The van der Waals surface area contributed by atoms with Crippen molar-refractivity contribution in [1.82, 2.24) is 4.57 Å². The number of nitrogens with zero attached hydrogens (tertiary/aromatic N) is 1. The molecule has 1 aromatic carbocycles. The SMILES string of the molecule is Cn1c(=O)c(CC(C)(C)C(=O)O)cc2ccccc21. The third-order valence-corrected chi connectivity index (χ3v) is 3.42. The summed E-state index contributed by atoms with van der Waals surface area (Å²) in [4.78, 5) is 23.4. The summed E-state index contributed by atoms with van der Waals surface area (Å²) in [5.41, 5.74) is 0.306. The summed E-state index contributed by atoms with van der Waals surface area (Å²) in [7, 11) is 1.71. The van der Waals surface area contributed by atoms with Crippen molar-refractivity contribution in [3.05, 3.63) is 46.2 Å². The number of aliphatic carboxylic acids is 1. The number of carbonyl (C=O) groups is 1. The molecule has 100 valence electrons. The number of pyridine rings is 1. The fraction of sp³-hybridized carbons (Fsp3) is 0.333. The van der Waals surface area contributed by atoms with Crippen molar-refractivity contribution in [3.8, 4) is 0 Å². The molecule has 0 radical (unpaired) electrons. The highest BCUT2D eigenvalue weighted by Gasteiger charge is 2.28. The summed E-state index contributed by atoms with van der Waals surface area (Å²) < 4.78 is 1.57. The van der Waals surface area contributed by atoms with Crippen molar-refractivity contribution in [1.29, 1.82) is 0 Å². The van der Waals surface area contributed by atoms with Gasteiger partial charge in [-0.1, -0.05) is 18.2 Å². The van der Waals surface area contributed by atoms with Crippen LogP contribution in [0.25, 0.3) is 10.9 Å². The highest BCUT2D eigenvalue weighted by Crippen LogP contribution is 2.22. The number of aryl methyl sites for hydroxylation is 1. The Labute approximate surface area is 111 Å². The average Bonchev–Trinajstić information content (AvgIpc) is 2.35. The van der Waals surface area contributed by atoms with Crippen LogP contribution in [-0.2, 0) is 18.3 Å². The van der Waals surface area contributed by atoms with E-state index in [1.165, 1.54) is 0 Å². The number of rotatable bonds is 3. The smallest absolute Gasteiger partial charge is 0.309 e. The van der Waals surface area contributed by atoms with Crippen LogP contribution in [0.2, 0.25) is 0 Å². The number of benzene rings is 1. The Morgan fingerprint density at radius 1 is 1.32 bits per heavy atom. The maximum absolute atomic E-state index is 12.3. The van der Waals surface area contributed by atoms with Crippen LogP contribution in [0.1, 0.15) is 19.4 Å². The second-order valence-corrected chi connectivity index (χ2v) is 5.46. The van der Waals surface area contributed by atoms with Gasteiger partial charge in [0.05, 0.1) is 10.9 Å². The predicted octanol–water partition coefficient (Wildman–Crippen LogP) is 2.19. The van der Waals surface area contributed by atoms with Crippen molar-refractivity contribution >= 4 is 16.9 Å². The standard InChI is InChI=1S/C15H17NO3/c1-15(2,14(18)19)9-11-8-10-6-4-5-7-12(10)16(3)13(11)17/h4-8H,9H2,1-3H3,(H,18,19). The van der Waals surface area contributed by atoms with E-state index >= 15 is 0 Å². The molecule has 0 bridgehead atoms. The second-order valence-electron chi connectivity index (χ2n) is 5.46.